The average molecular weight is 278 g/mol. The normalized spacial score (nSPS) is 13.7. The van der Waals surface area contributed by atoms with E-state index in [0.717, 1.165) is 11.3 Å². The Hall–Kier alpha value is -2.75. The van der Waals surface area contributed by atoms with E-state index in [1.165, 1.54) is 12.3 Å². The van der Waals surface area contributed by atoms with Crippen LogP contribution in [0.1, 0.15) is 26.4 Å². The van der Waals surface area contributed by atoms with Crippen LogP contribution >= 0.6 is 0 Å². The van der Waals surface area contributed by atoms with Gasteiger partial charge in [0.15, 0.2) is 5.78 Å². The lowest BCUT2D eigenvalue weighted by molar-refractivity contribution is 0.0997. The van der Waals surface area contributed by atoms with E-state index >= 15 is 0 Å². The molecule has 3 rings (SSSR count). The summed E-state index contributed by atoms with van der Waals surface area (Å²) >= 11 is 0. The highest BCUT2D eigenvalue weighted by atomic mass is 16.1. The monoisotopic (exact) mass is 278 g/mol. The molecule has 4 heteroatoms. The van der Waals surface area contributed by atoms with Gasteiger partial charge in [0.1, 0.15) is 5.69 Å². The van der Waals surface area contributed by atoms with E-state index in [-0.39, 0.29) is 17.3 Å². The fourth-order valence-corrected chi connectivity index (χ4v) is 2.35. The molecule has 1 heterocycles. The summed E-state index contributed by atoms with van der Waals surface area (Å²) in [5.41, 5.74) is 2.81. The lowest BCUT2D eigenvalue weighted by atomic mass is 9.89. The Morgan fingerprint density at radius 3 is 2.38 bits per heavy atom. The van der Waals surface area contributed by atoms with Gasteiger partial charge in [-0.05, 0) is 35.9 Å². The Labute approximate surface area is 122 Å². The van der Waals surface area contributed by atoms with Crippen LogP contribution in [0.3, 0.4) is 0 Å². The summed E-state index contributed by atoms with van der Waals surface area (Å²) in [6, 6.07) is 10.9. The number of anilines is 1. The second-order valence-electron chi connectivity index (χ2n) is 5.09. The molecule has 4 nitrogen and oxygen atoms in total. The highest BCUT2D eigenvalue weighted by Gasteiger charge is 2.27. The minimum absolute atomic E-state index is 0.157. The van der Waals surface area contributed by atoms with E-state index in [0.29, 0.717) is 11.1 Å². The molecule has 2 aromatic rings. The number of fused-ring (bicyclic) bond motifs is 1. The van der Waals surface area contributed by atoms with Gasteiger partial charge < -0.3 is 4.90 Å². The number of rotatable bonds is 2. The topological polar surface area (TPSA) is 50.3 Å². The zero-order chi connectivity index (χ0) is 15.0. The quantitative estimate of drug-likeness (QED) is 0.847. The first-order chi connectivity index (χ1) is 10.1. The molecule has 0 atom stereocenters. The van der Waals surface area contributed by atoms with Crippen LogP contribution in [0.15, 0.2) is 48.7 Å². The van der Waals surface area contributed by atoms with Gasteiger partial charge in [-0.1, -0.05) is 12.1 Å². The predicted molar refractivity (Wildman–Crippen MR) is 81.6 cm³/mol. The van der Waals surface area contributed by atoms with Crippen molar-refractivity contribution in [3.05, 3.63) is 65.5 Å². The van der Waals surface area contributed by atoms with Gasteiger partial charge in [-0.15, -0.1) is 0 Å². The molecule has 0 N–H and O–H groups in total. The maximum atomic E-state index is 12.5. The first kappa shape index (κ1) is 13.2. The lowest BCUT2D eigenvalue weighted by Crippen LogP contribution is -2.17. The number of carbonyl (C=O) groups is 2. The van der Waals surface area contributed by atoms with Crippen LogP contribution in [0.4, 0.5) is 5.69 Å². The van der Waals surface area contributed by atoms with Gasteiger partial charge in [-0.25, -0.2) is 0 Å². The number of ketones is 2. The van der Waals surface area contributed by atoms with Gasteiger partial charge in [0.05, 0.1) is 5.56 Å². The summed E-state index contributed by atoms with van der Waals surface area (Å²) < 4.78 is 0. The fraction of sp³-hybridized carbons (Fsp3) is 0.118. The number of hydrogen-bond donors (Lipinski definition) is 0. The zero-order valence-corrected chi connectivity index (χ0v) is 11.8. The number of nitrogens with zero attached hydrogens (tertiary/aromatic N) is 2. The molecule has 0 spiro atoms. The van der Waals surface area contributed by atoms with Gasteiger partial charge >= 0.3 is 0 Å². The van der Waals surface area contributed by atoms with E-state index in [4.69, 9.17) is 0 Å². The largest absolute Gasteiger partial charge is 0.378 e. The highest BCUT2D eigenvalue weighted by molar-refractivity contribution is 6.38. The van der Waals surface area contributed by atoms with Crippen LogP contribution in [-0.2, 0) is 0 Å². The summed E-state index contributed by atoms with van der Waals surface area (Å²) in [5.74, 6) is -0.382. The third-order valence-electron chi connectivity index (χ3n) is 3.50. The number of benzene rings is 1. The molecule has 1 aromatic heterocycles. The van der Waals surface area contributed by atoms with E-state index < -0.39 is 0 Å². The second-order valence-corrected chi connectivity index (χ2v) is 5.09. The molecule has 0 fully saturated rings. The van der Waals surface area contributed by atoms with Crippen molar-refractivity contribution in [3.63, 3.8) is 0 Å². The Balaban J connectivity index is 2.04. The number of hydrogen-bond acceptors (Lipinski definition) is 4. The van der Waals surface area contributed by atoms with Gasteiger partial charge in [-0.2, -0.15) is 0 Å². The maximum absolute atomic E-state index is 12.5. The van der Waals surface area contributed by atoms with Crippen molar-refractivity contribution in [2.45, 2.75) is 0 Å². The zero-order valence-electron chi connectivity index (χ0n) is 11.8. The van der Waals surface area contributed by atoms with Crippen LogP contribution in [-0.4, -0.2) is 30.6 Å². The summed E-state index contributed by atoms with van der Waals surface area (Å²) in [6.45, 7) is 0. The summed E-state index contributed by atoms with van der Waals surface area (Å²) in [7, 11) is 3.90. The Morgan fingerprint density at radius 1 is 1.00 bits per heavy atom. The number of carbonyl (C=O) groups excluding carboxylic acids is 2. The molecule has 0 aliphatic heterocycles. The first-order valence-corrected chi connectivity index (χ1v) is 6.61. The van der Waals surface area contributed by atoms with Crippen LogP contribution in [0.5, 0.6) is 0 Å². The van der Waals surface area contributed by atoms with Gasteiger partial charge in [0, 0.05) is 31.6 Å². The summed E-state index contributed by atoms with van der Waals surface area (Å²) in [6.07, 6.45) is 2.90. The number of Topliss-reactive ketones (excluding diaryl/α,β-unsaturated/α-hetero) is 1. The number of pyridine rings is 1. The van der Waals surface area contributed by atoms with Crippen molar-refractivity contribution < 1.29 is 9.59 Å². The molecule has 1 aromatic carbocycles. The van der Waals surface area contributed by atoms with Crippen LogP contribution < -0.4 is 4.90 Å². The second kappa shape index (κ2) is 4.98. The van der Waals surface area contributed by atoms with E-state index in [9.17, 15) is 9.59 Å². The van der Waals surface area contributed by atoms with Gasteiger partial charge in [-0.3, -0.25) is 14.6 Å². The smallest absolute Gasteiger partial charge is 0.205 e. The fourth-order valence-electron chi connectivity index (χ4n) is 2.35. The van der Waals surface area contributed by atoms with Crippen molar-refractivity contribution in [1.29, 1.82) is 0 Å². The maximum Gasteiger partial charge on any atom is 0.205 e. The molecule has 0 amide bonds. The molecule has 21 heavy (non-hydrogen) atoms. The van der Waals surface area contributed by atoms with Crippen LogP contribution in [0, 0.1) is 0 Å². The number of allylic oxidation sites excluding steroid dienone is 2. The molecule has 0 saturated heterocycles. The molecular formula is C17H14N2O2. The molecule has 0 bridgehead atoms. The van der Waals surface area contributed by atoms with Crippen molar-refractivity contribution in [1.82, 2.24) is 4.98 Å². The minimum atomic E-state index is -0.225. The average Bonchev–Trinajstić information content (AvgIpc) is 2.51. The lowest BCUT2D eigenvalue weighted by Gasteiger charge is -2.16. The van der Waals surface area contributed by atoms with E-state index in [1.54, 1.807) is 12.1 Å². The number of aromatic nitrogens is 1. The molecule has 1 aliphatic rings. The molecule has 1 aliphatic carbocycles. The highest BCUT2D eigenvalue weighted by Crippen LogP contribution is 2.27. The molecular weight excluding hydrogens is 264 g/mol. The van der Waals surface area contributed by atoms with Crippen molar-refractivity contribution >= 4 is 22.8 Å². The van der Waals surface area contributed by atoms with Crippen molar-refractivity contribution in [2.75, 3.05) is 19.0 Å². The van der Waals surface area contributed by atoms with Gasteiger partial charge in [0.25, 0.3) is 0 Å². The standard InChI is InChI=1S/C17H14N2O2/c1-19(2)12-7-5-11(6-8-12)14-10-15(20)16-13(17(14)21)4-3-9-18-16/h3-10H,1-2H3. The first-order valence-electron chi connectivity index (χ1n) is 6.61. The molecule has 0 unspecified atom stereocenters. The van der Waals surface area contributed by atoms with Gasteiger partial charge in [0.2, 0.25) is 5.78 Å². The molecule has 0 saturated carbocycles. The SMILES string of the molecule is CN(C)c1ccc(C2=CC(=O)c3ncccc3C2=O)cc1. The molecule has 0 radical (unpaired) electrons. The summed E-state index contributed by atoms with van der Waals surface area (Å²) in [4.78, 5) is 30.6. The third kappa shape index (κ3) is 2.25. The van der Waals surface area contributed by atoms with Crippen LogP contribution in [0.25, 0.3) is 5.57 Å². The Kier molecular flexibility index (Phi) is 3.14. The molecule has 104 valence electrons. The predicted octanol–water partition coefficient (Wildman–Crippen LogP) is 2.61. The van der Waals surface area contributed by atoms with Crippen molar-refractivity contribution in [3.8, 4) is 0 Å². The third-order valence-corrected chi connectivity index (χ3v) is 3.50. The van der Waals surface area contributed by atoms with Crippen LogP contribution in [0.2, 0.25) is 0 Å². The summed E-state index contributed by atoms with van der Waals surface area (Å²) in [5, 5.41) is 0. The van der Waals surface area contributed by atoms with E-state index in [2.05, 4.69) is 4.98 Å². The minimum Gasteiger partial charge on any atom is -0.378 e. The Morgan fingerprint density at radius 2 is 1.71 bits per heavy atom. The van der Waals surface area contributed by atoms with Crippen molar-refractivity contribution in [2.24, 2.45) is 0 Å². The Bertz CT molecular complexity index is 759. The van der Waals surface area contributed by atoms with E-state index in [1.807, 2.05) is 43.3 Å².